The molecule has 1 aromatic heterocycles. The van der Waals surface area contributed by atoms with Gasteiger partial charge in [0.2, 0.25) is 0 Å². The number of benzene rings is 1. The average molecular weight is 382 g/mol. The molecule has 0 saturated carbocycles. The lowest BCUT2D eigenvalue weighted by atomic mass is 9.89. The summed E-state index contributed by atoms with van der Waals surface area (Å²) in [6.45, 7) is 6.23. The van der Waals surface area contributed by atoms with Crippen LogP contribution in [0.2, 0.25) is 0 Å². The van der Waals surface area contributed by atoms with Crippen molar-refractivity contribution in [3.8, 4) is 5.75 Å². The lowest BCUT2D eigenvalue weighted by Gasteiger charge is -2.38. The number of carbonyl (C=O) groups is 2. The van der Waals surface area contributed by atoms with E-state index in [4.69, 9.17) is 5.73 Å². The number of nitrogens with zero attached hydrogens (tertiary/aromatic N) is 2. The molecule has 148 valence electrons. The predicted octanol–water partition coefficient (Wildman–Crippen LogP) is 2.92. The largest absolute Gasteiger partial charge is 0.508 e. The number of piperidine rings is 1. The van der Waals surface area contributed by atoms with Gasteiger partial charge in [0, 0.05) is 6.54 Å². The molecule has 2 atom stereocenters. The molecule has 2 heterocycles. The topological polar surface area (TPSA) is 109 Å². The maximum atomic E-state index is 13.0. The molecular weight excluding hydrogens is 356 g/mol. The molecule has 7 heteroatoms. The smallest absolute Gasteiger partial charge is 0.313 e. The van der Waals surface area contributed by atoms with Crippen LogP contribution >= 0.6 is 0 Å². The van der Waals surface area contributed by atoms with Gasteiger partial charge in [0.05, 0.1) is 17.9 Å². The summed E-state index contributed by atoms with van der Waals surface area (Å²) in [5, 5.41) is 12.2. The summed E-state index contributed by atoms with van der Waals surface area (Å²) in [5.41, 5.74) is 8.75. The summed E-state index contributed by atoms with van der Waals surface area (Å²) in [5.74, 6) is -0.373. The number of nitrogen functional groups attached to an aromatic ring is 1. The minimum atomic E-state index is -0.688. The number of nitrogens with one attached hydrogen (secondary N) is 1. The van der Waals surface area contributed by atoms with Crippen molar-refractivity contribution in [1.29, 1.82) is 0 Å². The first-order valence-corrected chi connectivity index (χ1v) is 9.40. The van der Waals surface area contributed by atoms with Crippen LogP contribution in [-0.4, -0.2) is 33.3 Å². The number of aromatic hydroxyl groups is 1. The number of pyridine rings is 1. The van der Waals surface area contributed by atoms with E-state index < -0.39 is 11.8 Å². The first-order valence-electron chi connectivity index (χ1n) is 9.40. The van der Waals surface area contributed by atoms with Gasteiger partial charge in [-0.25, -0.2) is 4.98 Å². The van der Waals surface area contributed by atoms with Crippen molar-refractivity contribution in [3.05, 3.63) is 47.2 Å². The zero-order chi connectivity index (χ0) is 20.4. The SMILES string of the molecule is Cc1c(NC(=O)C(=O)N2C[C@@H](C)CC[C@@H]2c2ccc(O)cc2)cnc(N)c1C. The van der Waals surface area contributed by atoms with Gasteiger partial charge in [-0.3, -0.25) is 9.59 Å². The Kier molecular flexibility index (Phi) is 5.53. The number of hydrogen-bond donors (Lipinski definition) is 3. The van der Waals surface area contributed by atoms with Crippen LogP contribution in [-0.2, 0) is 9.59 Å². The summed E-state index contributed by atoms with van der Waals surface area (Å²) in [4.78, 5) is 31.4. The first-order chi connectivity index (χ1) is 13.3. The fourth-order valence-corrected chi connectivity index (χ4v) is 3.57. The van der Waals surface area contributed by atoms with Crippen molar-refractivity contribution in [3.63, 3.8) is 0 Å². The third-order valence-corrected chi connectivity index (χ3v) is 5.48. The number of phenols is 1. The Balaban J connectivity index is 1.82. The van der Waals surface area contributed by atoms with Crippen molar-refractivity contribution in [2.75, 3.05) is 17.6 Å². The van der Waals surface area contributed by atoms with Gasteiger partial charge in [0.15, 0.2) is 0 Å². The van der Waals surface area contributed by atoms with Crippen LogP contribution in [0.4, 0.5) is 11.5 Å². The quantitative estimate of drug-likeness (QED) is 0.692. The highest BCUT2D eigenvalue weighted by atomic mass is 16.3. The van der Waals surface area contributed by atoms with Gasteiger partial charge in [0.1, 0.15) is 11.6 Å². The number of nitrogens with two attached hydrogens (primary N) is 1. The number of rotatable bonds is 2. The molecule has 0 radical (unpaired) electrons. The van der Waals surface area contributed by atoms with E-state index in [1.54, 1.807) is 29.2 Å². The molecular formula is C21H26N4O3. The van der Waals surface area contributed by atoms with E-state index in [9.17, 15) is 14.7 Å². The van der Waals surface area contributed by atoms with Crippen molar-refractivity contribution in [1.82, 2.24) is 9.88 Å². The molecule has 1 fully saturated rings. The summed E-state index contributed by atoms with van der Waals surface area (Å²) < 4.78 is 0. The summed E-state index contributed by atoms with van der Waals surface area (Å²) in [7, 11) is 0. The molecule has 28 heavy (non-hydrogen) atoms. The predicted molar refractivity (Wildman–Crippen MR) is 108 cm³/mol. The summed E-state index contributed by atoms with van der Waals surface area (Å²) >= 11 is 0. The van der Waals surface area contributed by atoms with Gasteiger partial charge in [0.25, 0.3) is 0 Å². The number of likely N-dealkylation sites (tertiary alicyclic amines) is 1. The molecule has 1 aromatic carbocycles. The van der Waals surface area contributed by atoms with E-state index in [0.717, 1.165) is 29.5 Å². The second-order valence-electron chi connectivity index (χ2n) is 7.51. The molecule has 1 aliphatic heterocycles. The maximum Gasteiger partial charge on any atom is 0.313 e. The van der Waals surface area contributed by atoms with Crippen LogP contribution in [0.3, 0.4) is 0 Å². The van der Waals surface area contributed by atoms with Crippen LogP contribution in [0.25, 0.3) is 0 Å². The fraction of sp³-hybridized carbons (Fsp3) is 0.381. The monoisotopic (exact) mass is 382 g/mol. The van der Waals surface area contributed by atoms with E-state index in [0.29, 0.717) is 24.0 Å². The zero-order valence-electron chi connectivity index (χ0n) is 16.4. The lowest BCUT2D eigenvalue weighted by Crippen LogP contribution is -2.46. The third-order valence-electron chi connectivity index (χ3n) is 5.48. The van der Waals surface area contributed by atoms with Crippen molar-refractivity contribution in [2.45, 2.75) is 39.7 Å². The zero-order valence-corrected chi connectivity index (χ0v) is 16.4. The van der Waals surface area contributed by atoms with E-state index in [1.165, 1.54) is 6.20 Å². The number of hydrogen-bond acceptors (Lipinski definition) is 5. The Hall–Kier alpha value is -3.09. The fourth-order valence-electron chi connectivity index (χ4n) is 3.57. The molecule has 1 saturated heterocycles. The highest BCUT2D eigenvalue weighted by Gasteiger charge is 2.34. The number of carbonyl (C=O) groups excluding carboxylic acids is 2. The molecule has 1 aliphatic rings. The molecule has 0 aliphatic carbocycles. The van der Waals surface area contributed by atoms with Gasteiger partial charge in [-0.1, -0.05) is 19.1 Å². The van der Waals surface area contributed by atoms with E-state index in [1.807, 2.05) is 13.8 Å². The second-order valence-corrected chi connectivity index (χ2v) is 7.51. The van der Waals surface area contributed by atoms with Gasteiger partial charge in [-0.05, 0) is 61.4 Å². The van der Waals surface area contributed by atoms with Crippen LogP contribution in [0.15, 0.2) is 30.5 Å². The Labute approximate surface area is 164 Å². The first kappa shape index (κ1) is 19.7. The molecule has 7 nitrogen and oxygen atoms in total. The van der Waals surface area contributed by atoms with Crippen LogP contribution < -0.4 is 11.1 Å². The Morgan fingerprint density at radius 3 is 2.54 bits per heavy atom. The van der Waals surface area contributed by atoms with Gasteiger partial charge < -0.3 is 21.1 Å². The number of phenolic OH excluding ortho intramolecular Hbond substituents is 1. The summed E-state index contributed by atoms with van der Waals surface area (Å²) in [6.07, 6.45) is 3.21. The molecule has 3 rings (SSSR count). The molecule has 2 amide bonds. The van der Waals surface area contributed by atoms with E-state index in [-0.39, 0.29) is 11.8 Å². The Morgan fingerprint density at radius 1 is 1.18 bits per heavy atom. The minimum Gasteiger partial charge on any atom is -0.508 e. The van der Waals surface area contributed by atoms with Crippen molar-refractivity contribution in [2.24, 2.45) is 5.92 Å². The maximum absolute atomic E-state index is 13.0. The van der Waals surface area contributed by atoms with Gasteiger partial charge in [-0.2, -0.15) is 0 Å². The van der Waals surface area contributed by atoms with E-state index >= 15 is 0 Å². The highest BCUT2D eigenvalue weighted by Crippen LogP contribution is 2.34. The standard InChI is InChI=1S/C21H26N4O3/c1-12-4-9-18(15-5-7-16(26)8-6-15)25(11-12)21(28)20(27)24-17-10-23-19(22)14(3)13(17)2/h5-8,10,12,18,26H,4,9,11H2,1-3H3,(H2,22,23)(H,24,27)/t12-,18+/m0/s1. The molecule has 0 bridgehead atoms. The Morgan fingerprint density at radius 2 is 1.86 bits per heavy atom. The number of amides is 2. The molecule has 4 N–H and O–H groups in total. The van der Waals surface area contributed by atoms with Crippen LogP contribution in [0.1, 0.15) is 42.5 Å². The summed E-state index contributed by atoms with van der Waals surface area (Å²) in [6, 6.07) is 6.60. The van der Waals surface area contributed by atoms with Gasteiger partial charge in [-0.15, -0.1) is 0 Å². The minimum absolute atomic E-state index is 0.172. The molecule has 2 aromatic rings. The van der Waals surface area contributed by atoms with Crippen molar-refractivity contribution < 1.29 is 14.7 Å². The number of aromatic nitrogens is 1. The van der Waals surface area contributed by atoms with Crippen LogP contribution in [0.5, 0.6) is 5.75 Å². The molecule has 0 unspecified atom stereocenters. The third kappa shape index (κ3) is 3.93. The van der Waals surface area contributed by atoms with E-state index in [2.05, 4.69) is 17.2 Å². The molecule has 0 spiro atoms. The Bertz CT molecular complexity index is 895. The van der Waals surface area contributed by atoms with Gasteiger partial charge >= 0.3 is 11.8 Å². The lowest BCUT2D eigenvalue weighted by molar-refractivity contribution is -0.146. The highest BCUT2D eigenvalue weighted by molar-refractivity contribution is 6.39. The van der Waals surface area contributed by atoms with Crippen molar-refractivity contribution >= 4 is 23.3 Å². The second kappa shape index (κ2) is 7.88. The van der Waals surface area contributed by atoms with Crippen LogP contribution in [0, 0.1) is 19.8 Å². The normalized spacial score (nSPS) is 19.3. The number of anilines is 2. The average Bonchev–Trinajstić information content (AvgIpc) is 2.68.